The summed E-state index contributed by atoms with van der Waals surface area (Å²) in [5.74, 6) is 1.88. The summed E-state index contributed by atoms with van der Waals surface area (Å²) in [6.45, 7) is 6.73. The predicted molar refractivity (Wildman–Crippen MR) is 106 cm³/mol. The number of rotatable bonds is 10. The number of nitrogens with zero attached hydrogens (tertiary/aromatic N) is 2. The highest BCUT2D eigenvalue weighted by Crippen LogP contribution is 2.30. The molecule has 0 spiro atoms. The summed E-state index contributed by atoms with van der Waals surface area (Å²) in [6.07, 6.45) is 0. The second-order valence-electron chi connectivity index (χ2n) is 6.51. The molecule has 0 unspecified atom stereocenters. The van der Waals surface area contributed by atoms with Crippen molar-refractivity contribution in [3.8, 4) is 11.5 Å². The van der Waals surface area contributed by atoms with Gasteiger partial charge in [-0.3, -0.25) is 0 Å². The van der Waals surface area contributed by atoms with E-state index in [1.807, 2.05) is 13.0 Å². The van der Waals surface area contributed by atoms with Crippen molar-refractivity contribution in [3.63, 3.8) is 0 Å². The molecule has 0 saturated carbocycles. The van der Waals surface area contributed by atoms with E-state index in [0.717, 1.165) is 11.3 Å². The highest BCUT2D eigenvalue weighted by molar-refractivity contribution is 5.79. The zero-order valence-electron chi connectivity index (χ0n) is 17.2. The normalized spacial score (nSPS) is 11.8. The van der Waals surface area contributed by atoms with Crippen LogP contribution in [-0.4, -0.2) is 30.9 Å². The van der Waals surface area contributed by atoms with Gasteiger partial charge in [-0.05, 0) is 37.5 Å². The van der Waals surface area contributed by atoms with E-state index < -0.39 is 6.61 Å². The predicted octanol–water partition coefficient (Wildman–Crippen LogP) is 4.05. The highest BCUT2D eigenvalue weighted by Gasteiger charge is 2.12. The van der Waals surface area contributed by atoms with Gasteiger partial charge in [-0.25, -0.2) is 4.99 Å². The van der Waals surface area contributed by atoms with E-state index in [0.29, 0.717) is 43.9 Å². The second kappa shape index (κ2) is 11.2. The van der Waals surface area contributed by atoms with Gasteiger partial charge in [-0.15, -0.1) is 0 Å². The standard InChI is InChI=1S/C20H28F2N4O3/c1-5-23-20(25-12-15-10-16(13(3)4)26-29-15)24-11-14-7-8-17(28-19(21)22)18(9-14)27-6-2/h7-10,13,19H,5-6,11-12H2,1-4H3,(H2,23,24,25). The lowest BCUT2D eigenvalue weighted by Crippen LogP contribution is -2.36. The first-order valence-electron chi connectivity index (χ1n) is 9.61. The minimum absolute atomic E-state index is 0.00545. The fourth-order valence-corrected chi connectivity index (χ4v) is 2.48. The van der Waals surface area contributed by atoms with Crippen molar-refractivity contribution in [2.24, 2.45) is 4.99 Å². The topological polar surface area (TPSA) is 80.9 Å². The molecule has 160 valence electrons. The zero-order valence-corrected chi connectivity index (χ0v) is 17.2. The van der Waals surface area contributed by atoms with Crippen LogP contribution in [0, 0.1) is 0 Å². The third-order valence-electron chi connectivity index (χ3n) is 3.89. The summed E-state index contributed by atoms with van der Waals surface area (Å²) in [5, 5.41) is 10.4. The molecule has 1 aromatic carbocycles. The Hall–Kier alpha value is -2.84. The van der Waals surface area contributed by atoms with E-state index in [-0.39, 0.29) is 11.5 Å². The fourth-order valence-electron chi connectivity index (χ4n) is 2.48. The minimum Gasteiger partial charge on any atom is -0.490 e. The van der Waals surface area contributed by atoms with E-state index >= 15 is 0 Å². The molecular weight excluding hydrogens is 382 g/mol. The van der Waals surface area contributed by atoms with Crippen molar-refractivity contribution in [2.45, 2.75) is 53.3 Å². The van der Waals surface area contributed by atoms with Crippen molar-refractivity contribution in [1.82, 2.24) is 15.8 Å². The molecule has 29 heavy (non-hydrogen) atoms. The van der Waals surface area contributed by atoms with Crippen LogP contribution < -0.4 is 20.1 Å². The minimum atomic E-state index is -2.91. The molecule has 0 saturated heterocycles. The molecule has 2 aromatic rings. The van der Waals surface area contributed by atoms with Crippen LogP contribution >= 0.6 is 0 Å². The quantitative estimate of drug-likeness (QED) is 0.454. The van der Waals surface area contributed by atoms with Crippen LogP contribution in [0.5, 0.6) is 11.5 Å². The maximum absolute atomic E-state index is 12.5. The molecule has 2 N–H and O–H groups in total. The Labute approximate surface area is 169 Å². The van der Waals surface area contributed by atoms with Crippen molar-refractivity contribution < 1.29 is 22.8 Å². The number of alkyl halides is 2. The molecule has 0 aliphatic heterocycles. The summed E-state index contributed by atoms with van der Waals surface area (Å²) < 4.78 is 40.3. The number of nitrogens with one attached hydrogen (secondary N) is 2. The molecule has 0 fully saturated rings. The van der Waals surface area contributed by atoms with E-state index in [1.54, 1.807) is 19.1 Å². The Morgan fingerprint density at radius 1 is 1.17 bits per heavy atom. The van der Waals surface area contributed by atoms with Gasteiger partial charge in [0.1, 0.15) is 0 Å². The Bertz CT molecular complexity index is 794. The molecule has 0 aliphatic carbocycles. The van der Waals surface area contributed by atoms with Gasteiger partial charge in [-0.1, -0.05) is 25.1 Å². The van der Waals surface area contributed by atoms with Crippen LogP contribution in [0.3, 0.4) is 0 Å². The maximum Gasteiger partial charge on any atom is 0.387 e. The first-order chi connectivity index (χ1) is 13.9. The van der Waals surface area contributed by atoms with Gasteiger partial charge in [0.25, 0.3) is 0 Å². The van der Waals surface area contributed by atoms with Crippen molar-refractivity contribution >= 4 is 5.96 Å². The lowest BCUT2D eigenvalue weighted by atomic mass is 10.1. The van der Waals surface area contributed by atoms with Crippen LogP contribution in [0.1, 0.15) is 50.6 Å². The summed E-state index contributed by atoms with van der Waals surface area (Å²) in [7, 11) is 0. The molecule has 0 aliphatic rings. The van der Waals surface area contributed by atoms with Gasteiger partial charge in [-0.2, -0.15) is 8.78 Å². The van der Waals surface area contributed by atoms with Crippen LogP contribution in [0.25, 0.3) is 0 Å². The molecule has 0 bridgehead atoms. The number of hydrogen-bond donors (Lipinski definition) is 2. The molecule has 1 aromatic heterocycles. The van der Waals surface area contributed by atoms with Gasteiger partial charge in [0.05, 0.1) is 25.4 Å². The Kier molecular flexibility index (Phi) is 8.69. The maximum atomic E-state index is 12.5. The lowest BCUT2D eigenvalue weighted by molar-refractivity contribution is -0.0514. The van der Waals surface area contributed by atoms with Crippen LogP contribution in [0.2, 0.25) is 0 Å². The Balaban J connectivity index is 2.05. The van der Waals surface area contributed by atoms with E-state index in [9.17, 15) is 8.78 Å². The van der Waals surface area contributed by atoms with Crippen molar-refractivity contribution in [3.05, 3.63) is 41.3 Å². The Morgan fingerprint density at radius 2 is 1.97 bits per heavy atom. The molecule has 0 amide bonds. The summed E-state index contributed by atoms with van der Waals surface area (Å²) in [4.78, 5) is 4.52. The highest BCUT2D eigenvalue weighted by atomic mass is 19.3. The third-order valence-corrected chi connectivity index (χ3v) is 3.89. The Morgan fingerprint density at radius 3 is 2.59 bits per heavy atom. The molecule has 0 atom stereocenters. The largest absolute Gasteiger partial charge is 0.490 e. The fraction of sp³-hybridized carbons (Fsp3) is 0.500. The number of ether oxygens (including phenoxy) is 2. The molecular formula is C20H28F2N4O3. The number of guanidine groups is 1. The lowest BCUT2D eigenvalue weighted by Gasteiger charge is -2.13. The molecule has 0 radical (unpaired) electrons. The molecule has 7 nitrogen and oxygen atoms in total. The molecule has 9 heteroatoms. The monoisotopic (exact) mass is 410 g/mol. The van der Waals surface area contributed by atoms with Crippen LogP contribution in [-0.2, 0) is 13.1 Å². The van der Waals surface area contributed by atoms with Crippen LogP contribution in [0.4, 0.5) is 8.78 Å². The van der Waals surface area contributed by atoms with Gasteiger partial charge < -0.3 is 24.6 Å². The third kappa shape index (κ3) is 7.24. The van der Waals surface area contributed by atoms with Crippen molar-refractivity contribution in [2.75, 3.05) is 13.2 Å². The second-order valence-corrected chi connectivity index (χ2v) is 6.51. The summed E-state index contributed by atoms with van der Waals surface area (Å²) >= 11 is 0. The number of aliphatic imine (C=N–C) groups is 1. The van der Waals surface area contributed by atoms with Gasteiger partial charge in [0.15, 0.2) is 23.2 Å². The zero-order chi connectivity index (χ0) is 21.2. The van der Waals surface area contributed by atoms with Gasteiger partial charge in [0, 0.05) is 12.6 Å². The average molecular weight is 410 g/mol. The summed E-state index contributed by atoms with van der Waals surface area (Å²) in [6, 6.07) is 6.71. The first kappa shape index (κ1) is 22.4. The molecule has 2 rings (SSSR count). The smallest absolute Gasteiger partial charge is 0.387 e. The van der Waals surface area contributed by atoms with Gasteiger partial charge in [0.2, 0.25) is 0 Å². The SMILES string of the molecule is CCNC(=NCc1ccc(OC(F)F)c(OCC)c1)NCc1cc(C(C)C)no1. The number of aromatic nitrogens is 1. The van der Waals surface area contributed by atoms with E-state index in [2.05, 4.69) is 39.4 Å². The summed E-state index contributed by atoms with van der Waals surface area (Å²) in [5.41, 5.74) is 1.70. The average Bonchev–Trinajstić information content (AvgIpc) is 3.15. The first-order valence-corrected chi connectivity index (χ1v) is 9.61. The number of benzene rings is 1. The van der Waals surface area contributed by atoms with E-state index in [4.69, 9.17) is 9.26 Å². The number of hydrogen-bond acceptors (Lipinski definition) is 5. The van der Waals surface area contributed by atoms with E-state index in [1.165, 1.54) is 6.07 Å². The van der Waals surface area contributed by atoms with Crippen LogP contribution in [0.15, 0.2) is 33.8 Å². The molecule has 1 heterocycles. The van der Waals surface area contributed by atoms with Gasteiger partial charge >= 0.3 is 6.61 Å². The number of halogens is 2. The van der Waals surface area contributed by atoms with Crippen molar-refractivity contribution in [1.29, 1.82) is 0 Å².